The highest BCUT2D eigenvalue weighted by Gasteiger charge is 2.44. The number of likely N-dealkylation sites (tertiary alicyclic amines) is 1. The van der Waals surface area contributed by atoms with Crippen LogP contribution in [0, 0.1) is 5.41 Å². The van der Waals surface area contributed by atoms with Crippen molar-refractivity contribution >= 4 is 17.8 Å². The van der Waals surface area contributed by atoms with E-state index in [0.717, 1.165) is 38.3 Å². The molecule has 2 N–H and O–H groups in total. The van der Waals surface area contributed by atoms with Crippen molar-refractivity contribution in [1.29, 1.82) is 0 Å². The molecule has 0 atom stereocenters. The van der Waals surface area contributed by atoms with Gasteiger partial charge in [0, 0.05) is 43.0 Å². The number of hydrogen-bond acceptors (Lipinski definition) is 3. The Morgan fingerprint density at radius 2 is 1.72 bits per heavy atom. The molecule has 3 rings (SSSR count). The Morgan fingerprint density at radius 1 is 1.11 bits per heavy atom. The van der Waals surface area contributed by atoms with Crippen LogP contribution in [0.5, 0.6) is 0 Å². The Bertz CT molecular complexity index is 427. The van der Waals surface area contributed by atoms with Gasteiger partial charge >= 0.3 is 0 Å². The molecule has 4 heteroatoms. The van der Waals surface area contributed by atoms with Gasteiger partial charge in [0.05, 0.1) is 0 Å². The first-order valence-corrected chi connectivity index (χ1v) is 6.51. The number of nitrogens with zero attached hydrogens (tertiary/aromatic N) is 2. The largest absolute Gasteiger partial charge is 0.399 e. The third kappa shape index (κ3) is 1.92. The third-order valence-corrected chi connectivity index (χ3v) is 4.31. The van der Waals surface area contributed by atoms with E-state index in [0.29, 0.717) is 5.41 Å². The molecule has 2 heterocycles. The fraction of sp³-hybridized carbons (Fsp3) is 0.500. The number of benzene rings is 1. The van der Waals surface area contributed by atoms with Crippen molar-refractivity contribution in [2.45, 2.75) is 12.8 Å². The van der Waals surface area contributed by atoms with Crippen molar-refractivity contribution in [3.8, 4) is 0 Å². The number of amides is 1. The summed E-state index contributed by atoms with van der Waals surface area (Å²) in [5, 5.41) is 0. The van der Waals surface area contributed by atoms with Gasteiger partial charge in [-0.25, -0.2) is 0 Å². The first kappa shape index (κ1) is 11.4. The molecule has 2 saturated heterocycles. The van der Waals surface area contributed by atoms with Gasteiger partial charge in [-0.3, -0.25) is 4.79 Å². The van der Waals surface area contributed by atoms with E-state index >= 15 is 0 Å². The lowest BCUT2D eigenvalue weighted by Gasteiger charge is -2.53. The Balaban J connectivity index is 1.60. The summed E-state index contributed by atoms with van der Waals surface area (Å²) in [5.41, 5.74) is 8.18. The van der Waals surface area contributed by atoms with E-state index in [2.05, 4.69) is 17.0 Å². The monoisotopic (exact) mass is 245 g/mol. The molecular formula is C14H19N3O. The van der Waals surface area contributed by atoms with Gasteiger partial charge in [0.15, 0.2) is 0 Å². The summed E-state index contributed by atoms with van der Waals surface area (Å²) in [5.74, 6) is 0. The molecule has 96 valence electrons. The molecule has 0 aliphatic carbocycles. The van der Waals surface area contributed by atoms with Gasteiger partial charge in [0.2, 0.25) is 6.41 Å². The Morgan fingerprint density at radius 3 is 2.28 bits per heavy atom. The number of carbonyl (C=O) groups is 1. The van der Waals surface area contributed by atoms with Gasteiger partial charge < -0.3 is 15.5 Å². The molecule has 0 aromatic heterocycles. The minimum atomic E-state index is 0.408. The predicted octanol–water partition coefficient (Wildman–Crippen LogP) is 1.33. The SMILES string of the molecule is Nc1ccc(N2CCC3(CC2)CN(C=O)C3)cc1. The van der Waals surface area contributed by atoms with E-state index in [1.165, 1.54) is 18.5 Å². The average molecular weight is 245 g/mol. The van der Waals surface area contributed by atoms with E-state index in [9.17, 15) is 4.79 Å². The van der Waals surface area contributed by atoms with Gasteiger partial charge in [0.1, 0.15) is 0 Å². The van der Waals surface area contributed by atoms with Crippen molar-refractivity contribution in [3.63, 3.8) is 0 Å². The third-order valence-electron chi connectivity index (χ3n) is 4.31. The topological polar surface area (TPSA) is 49.6 Å². The lowest BCUT2D eigenvalue weighted by Crippen LogP contribution is -2.59. The highest BCUT2D eigenvalue weighted by molar-refractivity contribution is 5.54. The summed E-state index contributed by atoms with van der Waals surface area (Å²) >= 11 is 0. The molecule has 1 spiro atoms. The van der Waals surface area contributed by atoms with E-state index in [1.54, 1.807) is 0 Å². The molecule has 1 aromatic rings. The van der Waals surface area contributed by atoms with Crippen LogP contribution in [0.15, 0.2) is 24.3 Å². The quantitative estimate of drug-likeness (QED) is 0.631. The van der Waals surface area contributed by atoms with Crippen LogP contribution in [0.25, 0.3) is 0 Å². The number of piperidine rings is 1. The van der Waals surface area contributed by atoms with E-state index in [1.807, 2.05) is 17.0 Å². The highest BCUT2D eigenvalue weighted by Crippen LogP contribution is 2.40. The van der Waals surface area contributed by atoms with Crippen LogP contribution in [-0.4, -0.2) is 37.5 Å². The van der Waals surface area contributed by atoms with Crippen molar-refractivity contribution in [3.05, 3.63) is 24.3 Å². The second kappa shape index (κ2) is 4.19. The fourth-order valence-corrected chi connectivity index (χ4v) is 3.13. The number of carbonyl (C=O) groups excluding carboxylic acids is 1. The molecule has 0 unspecified atom stereocenters. The van der Waals surface area contributed by atoms with Crippen LogP contribution in [-0.2, 0) is 4.79 Å². The fourth-order valence-electron chi connectivity index (χ4n) is 3.13. The molecule has 0 bridgehead atoms. The van der Waals surface area contributed by atoms with Crippen LogP contribution < -0.4 is 10.6 Å². The van der Waals surface area contributed by atoms with E-state index < -0.39 is 0 Å². The molecule has 2 aliphatic rings. The average Bonchev–Trinajstić information content (AvgIpc) is 2.37. The second-order valence-electron chi connectivity index (χ2n) is 5.59. The molecule has 0 saturated carbocycles. The first-order valence-electron chi connectivity index (χ1n) is 6.51. The second-order valence-corrected chi connectivity index (χ2v) is 5.59. The van der Waals surface area contributed by atoms with Crippen LogP contribution in [0.4, 0.5) is 11.4 Å². The number of anilines is 2. The van der Waals surface area contributed by atoms with Gasteiger partial charge in [-0.2, -0.15) is 0 Å². The van der Waals surface area contributed by atoms with Gasteiger partial charge in [-0.15, -0.1) is 0 Å². The van der Waals surface area contributed by atoms with Gasteiger partial charge in [-0.1, -0.05) is 0 Å². The summed E-state index contributed by atoms with van der Waals surface area (Å²) in [7, 11) is 0. The maximum atomic E-state index is 10.6. The number of hydrogen-bond donors (Lipinski definition) is 1. The van der Waals surface area contributed by atoms with Gasteiger partial charge in [-0.05, 0) is 37.1 Å². The highest BCUT2D eigenvalue weighted by atomic mass is 16.1. The minimum absolute atomic E-state index is 0.408. The van der Waals surface area contributed by atoms with Crippen LogP contribution in [0.1, 0.15) is 12.8 Å². The molecule has 1 aromatic carbocycles. The van der Waals surface area contributed by atoms with Crippen LogP contribution in [0.2, 0.25) is 0 Å². The molecule has 0 radical (unpaired) electrons. The van der Waals surface area contributed by atoms with Crippen LogP contribution >= 0.6 is 0 Å². The Labute approximate surface area is 107 Å². The van der Waals surface area contributed by atoms with E-state index in [4.69, 9.17) is 5.73 Å². The zero-order chi connectivity index (χ0) is 12.6. The van der Waals surface area contributed by atoms with Crippen LogP contribution in [0.3, 0.4) is 0 Å². The molecule has 18 heavy (non-hydrogen) atoms. The minimum Gasteiger partial charge on any atom is -0.399 e. The molecular weight excluding hydrogens is 226 g/mol. The van der Waals surface area contributed by atoms with Crippen molar-refractivity contribution in [1.82, 2.24) is 4.90 Å². The molecule has 1 amide bonds. The lowest BCUT2D eigenvalue weighted by atomic mass is 9.72. The lowest BCUT2D eigenvalue weighted by molar-refractivity contribution is -0.130. The summed E-state index contributed by atoms with van der Waals surface area (Å²) in [6.45, 7) is 4.06. The maximum absolute atomic E-state index is 10.6. The predicted molar refractivity (Wildman–Crippen MR) is 72.4 cm³/mol. The number of rotatable bonds is 2. The first-order chi connectivity index (χ1) is 8.71. The van der Waals surface area contributed by atoms with E-state index in [-0.39, 0.29) is 0 Å². The van der Waals surface area contributed by atoms with Gasteiger partial charge in [0.25, 0.3) is 0 Å². The van der Waals surface area contributed by atoms with Crippen molar-refractivity contribution in [2.75, 3.05) is 36.8 Å². The standard InChI is InChI=1S/C14H19N3O/c15-12-1-3-13(4-2-12)17-7-5-14(6-8-17)9-16(10-14)11-18/h1-4,11H,5-10,15H2. The molecule has 2 fully saturated rings. The Hall–Kier alpha value is -1.71. The normalized spacial score (nSPS) is 21.8. The zero-order valence-corrected chi connectivity index (χ0v) is 10.5. The summed E-state index contributed by atoms with van der Waals surface area (Å²) in [6.07, 6.45) is 3.33. The molecule has 4 nitrogen and oxygen atoms in total. The van der Waals surface area contributed by atoms with Crippen molar-refractivity contribution < 1.29 is 4.79 Å². The summed E-state index contributed by atoms with van der Waals surface area (Å²) in [4.78, 5) is 14.9. The number of nitrogen functional groups attached to an aromatic ring is 1. The number of nitrogens with two attached hydrogens (primary N) is 1. The van der Waals surface area contributed by atoms with Crippen molar-refractivity contribution in [2.24, 2.45) is 5.41 Å². The maximum Gasteiger partial charge on any atom is 0.209 e. The molecule has 2 aliphatic heterocycles. The zero-order valence-electron chi connectivity index (χ0n) is 10.5. The summed E-state index contributed by atoms with van der Waals surface area (Å²) < 4.78 is 0. The summed E-state index contributed by atoms with van der Waals surface area (Å²) in [6, 6.07) is 8.09. The Kier molecular flexibility index (Phi) is 2.65. The smallest absolute Gasteiger partial charge is 0.209 e.